The molecule has 184 valence electrons. The van der Waals surface area contributed by atoms with Gasteiger partial charge >= 0.3 is 6.18 Å². The molecule has 0 aliphatic heterocycles. The number of benzene rings is 1. The quantitative estimate of drug-likeness (QED) is 0.304. The first kappa shape index (κ1) is 25.0. The number of nitrogens with zero attached hydrogens (tertiary/aromatic N) is 2. The SMILES string of the molecule is CC(C)(OCc1ccc(C(F)(F)F)cc1Br)/C(=N\C#N)NC1C2CC3CC1CC(C(N)=O)(C3)C2. The molecule has 1 aromatic rings. The Kier molecular flexibility index (Phi) is 6.49. The lowest BCUT2D eigenvalue weighted by Gasteiger charge is -2.59. The number of hydrogen-bond donors (Lipinski definition) is 2. The highest BCUT2D eigenvalue weighted by Crippen LogP contribution is 2.60. The molecule has 5 rings (SSSR count). The number of rotatable bonds is 6. The maximum atomic E-state index is 12.9. The third-order valence-electron chi connectivity index (χ3n) is 7.80. The van der Waals surface area contributed by atoms with Crippen LogP contribution in [0.3, 0.4) is 0 Å². The monoisotopic (exact) mass is 540 g/mol. The molecular formula is C24H28BrF3N4O2. The van der Waals surface area contributed by atoms with Crippen molar-refractivity contribution in [1.29, 1.82) is 5.26 Å². The van der Waals surface area contributed by atoms with Crippen LogP contribution >= 0.6 is 15.9 Å². The molecule has 34 heavy (non-hydrogen) atoms. The second kappa shape index (κ2) is 8.83. The summed E-state index contributed by atoms with van der Waals surface area (Å²) in [6.07, 6.45) is 1.81. The normalized spacial score (nSPS) is 30.8. The third kappa shape index (κ3) is 4.69. The molecule has 1 amide bonds. The molecule has 10 heteroatoms. The minimum absolute atomic E-state index is 0.0300. The van der Waals surface area contributed by atoms with Gasteiger partial charge in [0.05, 0.1) is 12.2 Å². The Morgan fingerprint density at radius 2 is 1.94 bits per heavy atom. The molecule has 0 heterocycles. The lowest BCUT2D eigenvalue weighted by atomic mass is 9.47. The maximum Gasteiger partial charge on any atom is 0.416 e. The number of primary amides is 1. The number of amidine groups is 1. The molecule has 4 bridgehead atoms. The van der Waals surface area contributed by atoms with Crippen LogP contribution in [0.25, 0.3) is 0 Å². The maximum absolute atomic E-state index is 12.9. The highest BCUT2D eigenvalue weighted by molar-refractivity contribution is 9.10. The number of ether oxygens (including phenoxy) is 1. The summed E-state index contributed by atoms with van der Waals surface area (Å²) in [7, 11) is 0. The van der Waals surface area contributed by atoms with Gasteiger partial charge in [-0.25, -0.2) is 0 Å². The number of carbonyl (C=O) groups excluding carboxylic acids is 1. The second-order valence-corrected chi connectivity index (χ2v) is 11.3. The van der Waals surface area contributed by atoms with Crippen LogP contribution in [0, 0.1) is 34.6 Å². The predicted molar refractivity (Wildman–Crippen MR) is 123 cm³/mol. The van der Waals surface area contributed by atoms with E-state index in [-0.39, 0.29) is 30.4 Å². The van der Waals surface area contributed by atoms with E-state index < -0.39 is 22.8 Å². The van der Waals surface area contributed by atoms with Gasteiger partial charge in [0.2, 0.25) is 12.1 Å². The molecular weight excluding hydrogens is 513 g/mol. The van der Waals surface area contributed by atoms with E-state index in [1.165, 1.54) is 6.07 Å². The van der Waals surface area contributed by atoms with E-state index in [4.69, 9.17) is 10.5 Å². The van der Waals surface area contributed by atoms with Crippen molar-refractivity contribution < 1.29 is 22.7 Å². The van der Waals surface area contributed by atoms with Crippen molar-refractivity contribution >= 4 is 27.7 Å². The van der Waals surface area contributed by atoms with Crippen molar-refractivity contribution in [3.63, 3.8) is 0 Å². The summed E-state index contributed by atoms with van der Waals surface area (Å²) in [5.41, 5.74) is 4.18. The topological polar surface area (TPSA) is 100 Å². The Labute approximate surface area is 205 Å². The summed E-state index contributed by atoms with van der Waals surface area (Å²) in [5, 5.41) is 12.8. The zero-order valence-electron chi connectivity index (χ0n) is 19.1. The van der Waals surface area contributed by atoms with Gasteiger partial charge in [0, 0.05) is 15.9 Å². The number of alkyl halides is 3. The van der Waals surface area contributed by atoms with Gasteiger partial charge < -0.3 is 15.8 Å². The van der Waals surface area contributed by atoms with Crippen LogP contribution in [0.2, 0.25) is 0 Å². The van der Waals surface area contributed by atoms with E-state index in [0.29, 0.717) is 21.8 Å². The van der Waals surface area contributed by atoms with Crippen molar-refractivity contribution in [3.05, 3.63) is 33.8 Å². The van der Waals surface area contributed by atoms with E-state index in [1.54, 1.807) is 13.8 Å². The molecule has 4 saturated carbocycles. The molecule has 4 aliphatic rings. The zero-order chi connectivity index (χ0) is 24.9. The Morgan fingerprint density at radius 3 is 2.47 bits per heavy atom. The molecule has 2 unspecified atom stereocenters. The van der Waals surface area contributed by atoms with E-state index in [2.05, 4.69) is 26.2 Å². The Hall–Kier alpha value is -2.12. The first-order chi connectivity index (χ1) is 15.8. The van der Waals surface area contributed by atoms with Gasteiger partial charge in [-0.2, -0.15) is 23.4 Å². The molecule has 0 spiro atoms. The summed E-state index contributed by atoms with van der Waals surface area (Å²) in [6.45, 7) is 3.58. The van der Waals surface area contributed by atoms with E-state index in [0.717, 1.165) is 44.2 Å². The fourth-order valence-corrected chi connectivity index (χ4v) is 6.77. The first-order valence-corrected chi connectivity index (χ1v) is 12.2. The number of carbonyl (C=O) groups is 1. The average Bonchev–Trinajstić information content (AvgIpc) is 2.73. The zero-order valence-corrected chi connectivity index (χ0v) is 20.7. The molecule has 0 aromatic heterocycles. The Morgan fingerprint density at radius 1 is 1.29 bits per heavy atom. The molecule has 0 saturated heterocycles. The summed E-state index contributed by atoms with van der Waals surface area (Å²) in [6, 6.07) is 3.48. The summed E-state index contributed by atoms with van der Waals surface area (Å²) >= 11 is 3.20. The fourth-order valence-electron chi connectivity index (χ4n) is 6.28. The molecule has 0 radical (unpaired) electrons. The van der Waals surface area contributed by atoms with E-state index >= 15 is 0 Å². The lowest BCUT2D eigenvalue weighted by molar-refractivity contribution is -0.145. The van der Waals surface area contributed by atoms with Crippen LogP contribution in [-0.4, -0.2) is 23.4 Å². The predicted octanol–water partition coefficient (Wildman–Crippen LogP) is 4.91. The molecule has 4 aliphatic carbocycles. The van der Waals surface area contributed by atoms with Crippen molar-refractivity contribution in [2.24, 2.45) is 33.9 Å². The van der Waals surface area contributed by atoms with Gasteiger partial charge in [-0.05, 0) is 81.4 Å². The highest BCUT2D eigenvalue weighted by atomic mass is 79.9. The molecule has 3 N–H and O–H groups in total. The number of nitriles is 1. The first-order valence-electron chi connectivity index (χ1n) is 11.4. The number of halogens is 4. The Bertz CT molecular complexity index is 1030. The van der Waals surface area contributed by atoms with Crippen molar-refractivity contribution in [2.45, 2.75) is 70.4 Å². The van der Waals surface area contributed by atoms with Crippen LogP contribution in [0.15, 0.2) is 27.7 Å². The minimum Gasteiger partial charge on any atom is -0.369 e. The molecule has 6 nitrogen and oxygen atoms in total. The van der Waals surface area contributed by atoms with Crippen LogP contribution in [0.5, 0.6) is 0 Å². The van der Waals surface area contributed by atoms with Crippen LogP contribution in [0.1, 0.15) is 57.1 Å². The average molecular weight is 541 g/mol. The number of aliphatic imine (C=N–C) groups is 1. The van der Waals surface area contributed by atoms with Gasteiger partial charge in [0.1, 0.15) is 11.4 Å². The lowest BCUT2D eigenvalue weighted by Crippen LogP contribution is -2.63. The van der Waals surface area contributed by atoms with E-state index in [1.807, 2.05) is 6.19 Å². The molecule has 1 aromatic carbocycles. The van der Waals surface area contributed by atoms with Crippen molar-refractivity contribution in [2.75, 3.05) is 0 Å². The second-order valence-electron chi connectivity index (χ2n) is 10.4. The summed E-state index contributed by atoms with van der Waals surface area (Å²) in [5.74, 6) is 1.20. The van der Waals surface area contributed by atoms with Gasteiger partial charge in [-0.1, -0.05) is 22.0 Å². The highest BCUT2D eigenvalue weighted by Gasteiger charge is 2.58. The standard InChI is InChI=1S/C24H28BrF3N4O2/c1-22(2,34-11-14-3-4-17(7-18(14)25)24(26,27)28)21(31-12-29)32-19-15-5-13-6-16(19)10-23(8-13,9-15)20(30)33/h3-4,7,13,15-16,19H,5-6,8-11H2,1-2H3,(H2,30,33)(H,31,32). The number of nitrogens with two attached hydrogens (primary N) is 1. The van der Waals surface area contributed by atoms with Crippen molar-refractivity contribution in [1.82, 2.24) is 5.32 Å². The van der Waals surface area contributed by atoms with Gasteiger partial charge in [0.25, 0.3) is 0 Å². The van der Waals surface area contributed by atoms with Crippen LogP contribution in [0.4, 0.5) is 13.2 Å². The van der Waals surface area contributed by atoms with Gasteiger partial charge in [0.15, 0.2) is 0 Å². The van der Waals surface area contributed by atoms with Gasteiger partial charge in [-0.3, -0.25) is 4.79 Å². The number of hydrogen-bond acceptors (Lipinski definition) is 4. The van der Waals surface area contributed by atoms with Crippen molar-refractivity contribution in [3.8, 4) is 6.19 Å². The number of nitrogens with one attached hydrogen (secondary N) is 1. The van der Waals surface area contributed by atoms with Gasteiger partial charge in [-0.15, -0.1) is 0 Å². The summed E-state index contributed by atoms with van der Waals surface area (Å²) < 4.78 is 45.2. The fraction of sp³-hybridized carbons (Fsp3) is 0.625. The largest absolute Gasteiger partial charge is 0.416 e. The smallest absolute Gasteiger partial charge is 0.369 e. The minimum atomic E-state index is -4.43. The molecule has 2 atom stereocenters. The van der Waals surface area contributed by atoms with E-state index in [9.17, 15) is 23.2 Å². The summed E-state index contributed by atoms with van der Waals surface area (Å²) in [4.78, 5) is 16.2. The Balaban J connectivity index is 1.47. The third-order valence-corrected chi connectivity index (χ3v) is 8.54. The van der Waals surface area contributed by atoms with Crippen LogP contribution in [-0.2, 0) is 22.3 Å². The molecule has 4 fully saturated rings. The number of amides is 1. The van der Waals surface area contributed by atoms with Crippen LogP contribution < -0.4 is 11.1 Å².